The van der Waals surface area contributed by atoms with Gasteiger partial charge in [-0.05, 0) is 6.42 Å². The summed E-state index contributed by atoms with van der Waals surface area (Å²) in [7, 11) is 0. The Bertz CT molecular complexity index is 86.1. The van der Waals surface area contributed by atoms with Crippen molar-refractivity contribution in [2.75, 3.05) is 0 Å². The highest BCUT2D eigenvalue weighted by molar-refractivity contribution is 5.82. The Morgan fingerprint density at radius 1 is 1.86 bits per heavy atom. The Morgan fingerprint density at radius 2 is 2.43 bits per heavy atom. The minimum Gasteiger partial charge on any atom is -0.273 e. The van der Waals surface area contributed by atoms with Gasteiger partial charge in [0, 0.05) is 6.92 Å². The molecular weight excluding hydrogens is 90.1 g/mol. The van der Waals surface area contributed by atoms with E-state index in [4.69, 9.17) is 0 Å². The minimum atomic E-state index is -0.179. The fourth-order valence-electron chi connectivity index (χ4n) is 0.190. The molecule has 39 valence electrons. The molecule has 0 aromatic rings. The van der Waals surface area contributed by atoms with Crippen LogP contribution in [0.2, 0.25) is 0 Å². The smallest absolute Gasteiger partial charge is 0.242 e. The number of rotatable bonds is 1. The zero-order chi connectivity index (χ0) is 5.70. The summed E-state index contributed by atoms with van der Waals surface area (Å²) < 4.78 is 0. The molecule has 0 fully saturated rings. The van der Waals surface area contributed by atoms with E-state index in [2.05, 4.69) is 11.2 Å². The number of carbonyl (C=O) groups is 1. The number of aliphatic imine (C=N–C) groups is 1. The second-order valence-corrected chi connectivity index (χ2v) is 1.14. The number of hydrogen-bond donors (Lipinski definition) is 0. The van der Waals surface area contributed by atoms with Crippen LogP contribution in [0.5, 0.6) is 0 Å². The van der Waals surface area contributed by atoms with Gasteiger partial charge in [-0.15, -0.1) is 0 Å². The van der Waals surface area contributed by atoms with Crippen molar-refractivity contribution < 1.29 is 4.79 Å². The molecule has 0 aromatic carbocycles. The maximum Gasteiger partial charge on any atom is 0.242 e. The Labute approximate surface area is 43.3 Å². The highest BCUT2D eigenvalue weighted by Gasteiger charge is 1.77. The van der Waals surface area contributed by atoms with Crippen LogP contribution in [-0.4, -0.2) is 12.1 Å². The average molecular weight is 98.1 g/mol. The summed E-state index contributed by atoms with van der Waals surface area (Å²) in [5, 5.41) is 0. The fourth-order valence-corrected chi connectivity index (χ4v) is 0.190. The Balaban J connectivity index is 3.26. The largest absolute Gasteiger partial charge is 0.273 e. The van der Waals surface area contributed by atoms with Gasteiger partial charge in [0.2, 0.25) is 5.91 Å². The molecule has 1 radical (unpaired) electrons. The third-order valence-electron chi connectivity index (χ3n) is 0.395. The zero-order valence-corrected chi connectivity index (χ0v) is 4.56. The second kappa shape index (κ2) is 3.53. The third kappa shape index (κ3) is 5.34. The van der Waals surface area contributed by atoms with Crippen molar-refractivity contribution in [1.29, 1.82) is 0 Å². The van der Waals surface area contributed by atoms with Gasteiger partial charge in [0.25, 0.3) is 0 Å². The molecule has 0 aliphatic carbocycles. The predicted molar refractivity (Wildman–Crippen MR) is 28.4 cm³/mol. The molecule has 0 aliphatic heterocycles. The number of nitrogens with zero attached hydrogens (tertiary/aromatic N) is 1. The van der Waals surface area contributed by atoms with E-state index >= 15 is 0 Å². The van der Waals surface area contributed by atoms with Crippen LogP contribution in [0, 0.1) is 0 Å². The standard InChI is InChI=1S/C5H8NO/c1-3-4-6-5(2)7/h3H2,1-2H3. The van der Waals surface area contributed by atoms with Crippen LogP contribution in [0.4, 0.5) is 0 Å². The second-order valence-electron chi connectivity index (χ2n) is 1.14. The lowest BCUT2D eigenvalue weighted by molar-refractivity contribution is -0.115. The first-order valence-corrected chi connectivity index (χ1v) is 2.21. The van der Waals surface area contributed by atoms with Gasteiger partial charge in [0.05, 0.1) is 6.21 Å². The van der Waals surface area contributed by atoms with Gasteiger partial charge in [-0.2, -0.15) is 0 Å². The molecular formula is C5H8NO. The molecule has 0 aromatic heterocycles. The van der Waals surface area contributed by atoms with Crippen LogP contribution in [0.25, 0.3) is 0 Å². The van der Waals surface area contributed by atoms with E-state index in [1.807, 2.05) is 6.92 Å². The van der Waals surface area contributed by atoms with E-state index in [-0.39, 0.29) is 5.91 Å². The first kappa shape index (κ1) is 6.34. The predicted octanol–water partition coefficient (Wildman–Crippen LogP) is 0.891. The highest BCUT2D eigenvalue weighted by atomic mass is 16.1. The summed E-state index contributed by atoms with van der Waals surface area (Å²) in [5.74, 6) is -0.179. The van der Waals surface area contributed by atoms with Crippen molar-refractivity contribution in [3.63, 3.8) is 0 Å². The van der Waals surface area contributed by atoms with Gasteiger partial charge in [0.1, 0.15) is 0 Å². The van der Waals surface area contributed by atoms with Crippen LogP contribution >= 0.6 is 0 Å². The molecule has 0 rings (SSSR count). The van der Waals surface area contributed by atoms with Gasteiger partial charge in [-0.3, -0.25) is 4.79 Å². The molecule has 0 saturated carbocycles. The quantitative estimate of drug-likeness (QED) is 0.448. The first-order valence-electron chi connectivity index (χ1n) is 2.21. The van der Waals surface area contributed by atoms with Gasteiger partial charge >= 0.3 is 0 Å². The van der Waals surface area contributed by atoms with Crippen molar-refractivity contribution in [3.05, 3.63) is 0 Å². The molecule has 1 amide bonds. The average Bonchev–Trinajstić information content (AvgIpc) is 1.61. The molecule has 0 atom stereocenters. The van der Waals surface area contributed by atoms with Crippen LogP contribution in [-0.2, 0) is 4.79 Å². The molecule has 0 spiro atoms. The summed E-state index contributed by atoms with van der Waals surface area (Å²) >= 11 is 0. The molecule has 0 unspecified atom stereocenters. The van der Waals surface area contributed by atoms with Gasteiger partial charge in [0.15, 0.2) is 0 Å². The lowest BCUT2D eigenvalue weighted by Crippen LogP contribution is -1.81. The van der Waals surface area contributed by atoms with Crippen LogP contribution in [0.15, 0.2) is 4.99 Å². The first-order chi connectivity index (χ1) is 3.27. The van der Waals surface area contributed by atoms with E-state index in [0.29, 0.717) is 6.42 Å². The van der Waals surface area contributed by atoms with Crippen molar-refractivity contribution in [1.82, 2.24) is 0 Å². The highest BCUT2D eigenvalue weighted by Crippen LogP contribution is 1.70. The maximum absolute atomic E-state index is 9.97. The lowest BCUT2D eigenvalue weighted by Gasteiger charge is -1.73. The maximum atomic E-state index is 9.97. The number of amides is 1. The SMILES string of the molecule is CC/[C]=N/C(C)=O. The van der Waals surface area contributed by atoms with Gasteiger partial charge < -0.3 is 0 Å². The van der Waals surface area contributed by atoms with Crippen molar-refractivity contribution >= 4 is 12.1 Å². The molecule has 2 heteroatoms. The van der Waals surface area contributed by atoms with E-state index in [0.717, 1.165) is 0 Å². The van der Waals surface area contributed by atoms with Gasteiger partial charge in [-0.25, -0.2) is 4.99 Å². The molecule has 0 N–H and O–H groups in total. The summed E-state index contributed by atoms with van der Waals surface area (Å²) in [6.07, 6.45) is 3.23. The molecule has 0 saturated heterocycles. The summed E-state index contributed by atoms with van der Waals surface area (Å²) in [6.45, 7) is 3.29. The summed E-state index contributed by atoms with van der Waals surface area (Å²) in [4.78, 5) is 13.3. The minimum absolute atomic E-state index is 0.179. The van der Waals surface area contributed by atoms with E-state index in [1.54, 1.807) is 0 Å². The Kier molecular flexibility index (Phi) is 3.19. The Morgan fingerprint density at radius 3 is 2.57 bits per heavy atom. The Hall–Kier alpha value is -0.660. The number of hydrogen-bond acceptors (Lipinski definition) is 1. The molecule has 2 nitrogen and oxygen atoms in total. The topological polar surface area (TPSA) is 29.4 Å². The lowest BCUT2D eigenvalue weighted by atomic mass is 10.5. The third-order valence-corrected chi connectivity index (χ3v) is 0.395. The van der Waals surface area contributed by atoms with E-state index < -0.39 is 0 Å². The van der Waals surface area contributed by atoms with Crippen molar-refractivity contribution in [2.24, 2.45) is 4.99 Å². The van der Waals surface area contributed by atoms with E-state index in [1.165, 1.54) is 6.92 Å². The molecule has 7 heavy (non-hydrogen) atoms. The van der Waals surface area contributed by atoms with Crippen LogP contribution in [0.1, 0.15) is 20.3 Å². The number of carbonyl (C=O) groups excluding carboxylic acids is 1. The van der Waals surface area contributed by atoms with Gasteiger partial charge in [-0.1, -0.05) is 6.92 Å². The summed E-state index contributed by atoms with van der Waals surface area (Å²) in [5.41, 5.74) is 0. The monoisotopic (exact) mass is 98.1 g/mol. The molecule has 0 bridgehead atoms. The normalized spacial score (nSPS) is 10.0. The molecule has 0 aliphatic rings. The summed E-state index contributed by atoms with van der Waals surface area (Å²) in [6, 6.07) is 0. The van der Waals surface area contributed by atoms with Crippen LogP contribution < -0.4 is 0 Å². The zero-order valence-electron chi connectivity index (χ0n) is 4.56. The van der Waals surface area contributed by atoms with Crippen LogP contribution in [0.3, 0.4) is 0 Å². The van der Waals surface area contributed by atoms with E-state index in [9.17, 15) is 4.79 Å². The fraction of sp³-hybridized carbons (Fsp3) is 0.600. The van der Waals surface area contributed by atoms with Crippen molar-refractivity contribution in [2.45, 2.75) is 20.3 Å². The van der Waals surface area contributed by atoms with Crippen molar-refractivity contribution in [3.8, 4) is 0 Å². The molecule has 0 heterocycles.